The molecule has 0 spiro atoms. The molecule has 0 amide bonds. The number of hydrogen-bond donors (Lipinski definition) is 2. The molecule has 5 rings (SSSR count). The van der Waals surface area contributed by atoms with Gasteiger partial charge in [0.1, 0.15) is 17.1 Å². The van der Waals surface area contributed by atoms with Crippen LogP contribution in [0.25, 0.3) is 22.5 Å². The van der Waals surface area contributed by atoms with Gasteiger partial charge in [-0.2, -0.15) is 0 Å². The van der Waals surface area contributed by atoms with Gasteiger partial charge < -0.3 is 19.6 Å². The van der Waals surface area contributed by atoms with E-state index in [1.807, 2.05) is 60.7 Å². The molecule has 0 atom stereocenters. The van der Waals surface area contributed by atoms with E-state index >= 15 is 0 Å². The summed E-state index contributed by atoms with van der Waals surface area (Å²) in [5.41, 5.74) is 2.40. The molecule has 0 aliphatic carbocycles. The van der Waals surface area contributed by atoms with E-state index < -0.39 is 0 Å². The van der Waals surface area contributed by atoms with Gasteiger partial charge in [-0.05, 0) is 42.0 Å². The number of rotatable bonds is 6. The molecule has 0 fully saturated rings. The van der Waals surface area contributed by atoms with Gasteiger partial charge in [-0.25, -0.2) is 4.98 Å². The summed E-state index contributed by atoms with van der Waals surface area (Å²) >= 11 is 0. The minimum Gasteiger partial charge on any atom is -0.504 e. The Balaban J connectivity index is 1.54. The zero-order valence-electron chi connectivity index (χ0n) is 17.2. The molecule has 2 N–H and O–H groups in total. The Morgan fingerprint density at radius 1 is 0.969 bits per heavy atom. The number of hydrogen-bond acceptors (Lipinski definition) is 8. The van der Waals surface area contributed by atoms with E-state index in [0.717, 1.165) is 17.0 Å². The number of fused-ring (bicyclic) bond motifs is 1. The summed E-state index contributed by atoms with van der Waals surface area (Å²) in [5.74, 6) is 1.69. The van der Waals surface area contributed by atoms with E-state index in [9.17, 15) is 5.11 Å². The van der Waals surface area contributed by atoms with Gasteiger partial charge in [-0.3, -0.25) is 4.98 Å². The van der Waals surface area contributed by atoms with Crippen LogP contribution >= 0.6 is 0 Å². The topological polar surface area (TPSA) is 106 Å². The SMILES string of the molecule is COc1ccc(Nc2nc(-c3nnc(Cc4ccccc4)o3)c(O)c3ncccc23)cc1. The largest absolute Gasteiger partial charge is 0.504 e. The first-order chi connectivity index (χ1) is 15.7. The van der Waals surface area contributed by atoms with E-state index in [-0.39, 0.29) is 17.3 Å². The molecule has 0 bridgehead atoms. The zero-order chi connectivity index (χ0) is 21.9. The lowest BCUT2D eigenvalue weighted by molar-refractivity contribution is 0.415. The molecule has 0 aliphatic rings. The monoisotopic (exact) mass is 425 g/mol. The van der Waals surface area contributed by atoms with Crippen LogP contribution in [0.1, 0.15) is 11.5 Å². The molecule has 5 aromatic rings. The molecule has 32 heavy (non-hydrogen) atoms. The van der Waals surface area contributed by atoms with Gasteiger partial charge in [-0.15, -0.1) is 10.2 Å². The molecule has 0 aliphatic heterocycles. The molecule has 3 heterocycles. The van der Waals surface area contributed by atoms with Crippen molar-refractivity contribution >= 4 is 22.4 Å². The number of pyridine rings is 2. The van der Waals surface area contributed by atoms with E-state index in [2.05, 4.69) is 25.5 Å². The molecular weight excluding hydrogens is 406 g/mol. The maximum absolute atomic E-state index is 10.9. The third-order valence-corrected chi connectivity index (χ3v) is 4.96. The molecule has 8 heteroatoms. The Hall–Kier alpha value is -4.46. The Morgan fingerprint density at radius 2 is 1.78 bits per heavy atom. The van der Waals surface area contributed by atoms with E-state index in [1.54, 1.807) is 19.4 Å². The molecule has 0 saturated heterocycles. The van der Waals surface area contributed by atoms with Crippen LogP contribution in [0.2, 0.25) is 0 Å². The molecule has 158 valence electrons. The number of anilines is 2. The number of nitrogens with one attached hydrogen (secondary N) is 1. The van der Waals surface area contributed by atoms with Crippen LogP contribution in [0.15, 0.2) is 77.3 Å². The number of methoxy groups -OCH3 is 1. The summed E-state index contributed by atoms with van der Waals surface area (Å²) in [5, 5.41) is 23.0. The molecule has 0 radical (unpaired) electrons. The Bertz CT molecular complexity index is 1370. The van der Waals surface area contributed by atoms with Gasteiger partial charge in [0.15, 0.2) is 11.4 Å². The van der Waals surface area contributed by atoms with Crippen molar-refractivity contribution in [3.05, 3.63) is 84.4 Å². The van der Waals surface area contributed by atoms with Crippen molar-refractivity contribution in [2.75, 3.05) is 12.4 Å². The number of nitrogens with zero attached hydrogens (tertiary/aromatic N) is 4. The highest BCUT2D eigenvalue weighted by molar-refractivity contribution is 5.97. The maximum Gasteiger partial charge on any atom is 0.270 e. The minimum absolute atomic E-state index is 0.115. The maximum atomic E-state index is 10.9. The van der Waals surface area contributed by atoms with Crippen LogP contribution in [-0.4, -0.2) is 32.4 Å². The minimum atomic E-state index is -0.115. The van der Waals surface area contributed by atoms with E-state index in [1.165, 1.54) is 0 Å². The molecule has 8 nitrogen and oxygen atoms in total. The first-order valence-corrected chi connectivity index (χ1v) is 9.96. The molecule has 3 aromatic heterocycles. The quantitative estimate of drug-likeness (QED) is 0.402. The fraction of sp³-hybridized carbons (Fsp3) is 0.0833. The second-order valence-electron chi connectivity index (χ2n) is 7.07. The van der Waals surface area contributed by atoms with Crippen molar-refractivity contribution in [2.24, 2.45) is 0 Å². The fourth-order valence-corrected chi connectivity index (χ4v) is 3.37. The number of aromatic nitrogens is 4. The van der Waals surface area contributed by atoms with Crippen LogP contribution in [-0.2, 0) is 6.42 Å². The average molecular weight is 425 g/mol. The predicted octanol–water partition coefficient (Wildman–Crippen LogP) is 4.73. The van der Waals surface area contributed by atoms with Gasteiger partial charge in [0.25, 0.3) is 5.89 Å². The predicted molar refractivity (Wildman–Crippen MR) is 120 cm³/mol. The van der Waals surface area contributed by atoms with Crippen molar-refractivity contribution in [3.8, 4) is 23.1 Å². The van der Waals surface area contributed by atoms with Crippen LogP contribution in [0.3, 0.4) is 0 Å². The Kier molecular flexibility index (Phi) is 5.09. The first kappa shape index (κ1) is 19.5. The van der Waals surface area contributed by atoms with Crippen LogP contribution in [0.4, 0.5) is 11.5 Å². The van der Waals surface area contributed by atoms with Crippen molar-refractivity contribution < 1.29 is 14.3 Å². The van der Waals surface area contributed by atoms with Crippen LogP contribution < -0.4 is 10.1 Å². The van der Waals surface area contributed by atoms with E-state index in [0.29, 0.717) is 29.0 Å². The molecule has 0 saturated carbocycles. The summed E-state index contributed by atoms with van der Waals surface area (Å²) in [6.45, 7) is 0. The fourth-order valence-electron chi connectivity index (χ4n) is 3.37. The lowest BCUT2D eigenvalue weighted by atomic mass is 10.1. The van der Waals surface area contributed by atoms with Crippen molar-refractivity contribution in [1.29, 1.82) is 0 Å². The number of aromatic hydroxyl groups is 1. The highest BCUT2D eigenvalue weighted by Gasteiger charge is 2.21. The lowest BCUT2D eigenvalue weighted by Gasteiger charge is -2.12. The summed E-state index contributed by atoms with van der Waals surface area (Å²) in [4.78, 5) is 8.93. The third-order valence-electron chi connectivity index (χ3n) is 4.96. The highest BCUT2D eigenvalue weighted by Crippen LogP contribution is 2.37. The van der Waals surface area contributed by atoms with Crippen LogP contribution in [0, 0.1) is 0 Å². The van der Waals surface area contributed by atoms with Gasteiger partial charge in [0.05, 0.1) is 13.5 Å². The number of ether oxygens (including phenoxy) is 1. The van der Waals surface area contributed by atoms with Crippen molar-refractivity contribution in [3.63, 3.8) is 0 Å². The number of benzene rings is 2. The van der Waals surface area contributed by atoms with Gasteiger partial charge in [0, 0.05) is 17.3 Å². The first-order valence-electron chi connectivity index (χ1n) is 9.96. The standard InChI is InChI=1S/C24H19N5O3/c1-31-17-11-9-16(10-12-17)26-23-18-8-5-13-25-20(18)22(30)21(27-23)24-29-28-19(32-24)14-15-6-3-2-4-7-15/h2-13,30H,14H2,1H3,(H,26,27). The van der Waals surface area contributed by atoms with Gasteiger partial charge >= 0.3 is 0 Å². The second-order valence-corrected chi connectivity index (χ2v) is 7.07. The summed E-state index contributed by atoms with van der Waals surface area (Å²) in [6.07, 6.45) is 2.09. The van der Waals surface area contributed by atoms with E-state index in [4.69, 9.17) is 9.15 Å². The molecular formula is C24H19N5O3. The molecule has 0 unspecified atom stereocenters. The van der Waals surface area contributed by atoms with Gasteiger partial charge in [-0.1, -0.05) is 30.3 Å². The third kappa shape index (κ3) is 3.81. The summed E-state index contributed by atoms with van der Waals surface area (Å²) in [6, 6.07) is 20.9. The summed E-state index contributed by atoms with van der Waals surface area (Å²) in [7, 11) is 1.62. The second kappa shape index (κ2) is 8.35. The normalized spacial score (nSPS) is 10.9. The Morgan fingerprint density at radius 3 is 2.56 bits per heavy atom. The lowest BCUT2D eigenvalue weighted by Crippen LogP contribution is -1.99. The smallest absolute Gasteiger partial charge is 0.270 e. The van der Waals surface area contributed by atoms with Crippen LogP contribution in [0.5, 0.6) is 11.5 Å². The molecule has 2 aromatic carbocycles. The summed E-state index contributed by atoms with van der Waals surface area (Å²) < 4.78 is 11.0. The highest BCUT2D eigenvalue weighted by atomic mass is 16.5. The van der Waals surface area contributed by atoms with Crippen molar-refractivity contribution in [1.82, 2.24) is 20.2 Å². The van der Waals surface area contributed by atoms with Crippen molar-refractivity contribution in [2.45, 2.75) is 6.42 Å². The zero-order valence-corrected chi connectivity index (χ0v) is 17.2. The average Bonchev–Trinajstić information content (AvgIpc) is 3.30. The Labute approximate surface area is 183 Å². The van der Waals surface area contributed by atoms with Gasteiger partial charge in [0.2, 0.25) is 5.89 Å².